The van der Waals surface area contributed by atoms with Crippen LogP contribution in [0.25, 0.3) is 11.1 Å². The molecule has 2 aromatic carbocycles. The molecule has 0 saturated carbocycles. The number of likely N-dealkylation sites (N-methyl/N-ethyl adjacent to an activating group) is 1. The van der Waals surface area contributed by atoms with Gasteiger partial charge < -0.3 is 19.5 Å². The van der Waals surface area contributed by atoms with Gasteiger partial charge in [-0.3, -0.25) is 14.5 Å². The van der Waals surface area contributed by atoms with E-state index in [1.807, 2.05) is 24.5 Å². The van der Waals surface area contributed by atoms with Crippen molar-refractivity contribution < 1.29 is 32.0 Å². The van der Waals surface area contributed by atoms with Crippen molar-refractivity contribution in [2.24, 2.45) is 0 Å². The van der Waals surface area contributed by atoms with Gasteiger partial charge in [0.25, 0.3) is 5.91 Å². The van der Waals surface area contributed by atoms with E-state index in [4.69, 9.17) is 4.42 Å². The Kier molecular flexibility index (Phi) is 8.47. The average molecular weight is 529 g/mol. The van der Waals surface area contributed by atoms with Crippen LogP contribution in [-0.2, 0) is 11.3 Å². The highest BCUT2D eigenvalue weighted by atomic mass is 19.3. The van der Waals surface area contributed by atoms with Crippen LogP contribution < -0.4 is 10.2 Å². The average Bonchev–Trinajstić information content (AvgIpc) is 3.46. The molecule has 3 amide bonds. The molecule has 8 nitrogen and oxygen atoms in total. The molecular formula is C27H27F3N4O4. The smallest absolute Gasteiger partial charge is 0.324 e. The molecule has 0 bridgehead atoms. The van der Waals surface area contributed by atoms with Crippen LogP contribution in [-0.4, -0.2) is 73.7 Å². The normalized spacial score (nSPS) is 14.0. The monoisotopic (exact) mass is 528 g/mol. The first-order valence-corrected chi connectivity index (χ1v) is 12.0. The maximum Gasteiger partial charge on any atom is 0.324 e. The van der Waals surface area contributed by atoms with Gasteiger partial charge in [-0.2, -0.15) is 8.78 Å². The van der Waals surface area contributed by atoms with Gasteiger partial charge in [0.15, 0.2) is 5.78 Å². The highest BCUT2D eigenvalue weighted by Crippen LogP contribution is 2.28. The summed E-state index contributed by atoms with van der Waals surface area (Å²) in [6.07, 6.45) is -0.116. The molecule has 11 heteroatoms. The highest BCUT2D eigenvalue weighted by Gasteiger charge is 2.27. The van der Waals surface area contributed by atoms with Crippen molar-refractivity contribution in [3.63, 3.8) is 0 Å². The summed E-state index contributed by atoms with van der Waals surface area (Å²) in [5.74, 6) is -3.04. The van der Waals surface area contributed by atoms with E-state index in [1.165, 1.54) is 17.0 Å². The summed E-state index contributed by atoms with van der Waals surface area (Å²) in [4.78, 5) is 42.2. The van der Waals surface area contributed by atoms with E-state index in [0.717, 1.165) is 17.2 Å². The van der Waals surface area contributed by atoms with Crippen LogP contribution in [0.2, 0.25) is 0 Å². The van der Waals surface area contributed by atoms with Crippen molar-refractivity contribution in [3.8, 4) is 11.1 Å². The molecule has 38 heavy (non-hydrogen) atoms. The number of halogens is 3. The van der Waals surface area contributed by atoms with Gasteiger partial charge in [0.2, 0.25) is 0 Å². The number of hydrogen-bond donors (Lipinski definition) is 1. The summed E-state index contributed by atoms with van der Waals surface area (Å²) in [5, 5.41) is 1.81. The number of carbonyl (C=O) groups is 3. The van der Waals surface area contributed by atoms with Crippen molar-refractivity contribution in [3.05, 3.63) is 78.0 Å². The number of rotatable bonds is 8. The third-order valence-electron chi connectivity index (χ3n) is 6.34. The largest absolute Gasteiger partial charge is 0.472 e. The van der Waals surface area contributed by atoms with Crippen molar-refractivity contribution in [1.82, 2.24) is 15.1 Å². The topological polar surface area (TPSA) is 86.1 Å². The summed E-state index contributed by atoms with van der Waals surface area (Å²) >= 11 is 0. The highest BCUT2D eigenvalue weighted by molar-refractivity contribution is 5.99. The number of alkyl halides is 2. The molecule has 1 N–H and O–H groups in total. The number of furan rings is 1. The molecule has 4 rings (SSSR count). The predicted octanol–water partition coefficient (Wildman–Crippen LogP) is 4.02. The van der Waals surface area contributed by atoms with Crippen LogP contribution in [0.3, 0.4) is 0 Å². The number of nitrogens with one attached hydrogen (secondary N) is 1. The van der Waals surface area contributed by atoms with Gasteiger partial charge in [-0.05, 0) is 36.9 Å². The fraction of sp³-hybridized carbons (Fsp3) is 0.296. The molecule has 2 heterocycles. The number of piperazine rings is 1. The summed E-state index contributed by atoms with van der Waals surface area (Å²) in [5.41, 5.74) is 2.28. The molecule has 3 aromatic rings. The molecule has 0 radical (unpaired) electrons. The number of urea groups is 1. The standard InChI is InChI=1S/C27H27F3N4O4/c1-32-8-10-33(11-9-32)27(37)34(22-4-2-3-18(13-22)21-7-12-38-17-21)16-20-6-5-19(14-23(20)28)24(35)15-31-26(36)25(29)30/h2-7,12-14,17,25H,8-11,15-16H2,1H3,(H,31,36). The van der Waals surface area contributed by atoms with Gasteiger partial charge >= 0.3 is 12.5 Å². The Bertz CT molecular complexity index is 1290. The molecule has 0 aliphatic carbocycles. The van der Waals surface area contributed by atoms with E-state index in [1.54, 1.807) is 35.6 Å². The van der Waals surface area contributed by atoms with E-state index in [9.17, 15) is 23.2 Å². The predicted molar refractivity (Wildman–Crippen MR) is 135 cm³/mol. The number of carbonyl (C=O) groups excluding carboxylic acids is 3. The Morgan fingerprint density at radius 2 is 1.79 bits per heavy atom. The first kappa shape index (κ1) is 26.9. The third kappa shape index (κ3) is 6.41. The quantitative estimate of drug-likeness (QED) is 0.447. The van der Waals surface area contributed by atoms with Crippen LogP contribution in [0.15, 0.2) is 65.5 Å². The van der Waals surface area contributed by atoms with Crippen molar-refractivity contribution in [1.29, 1.82) is 0 Å². The lowest BCUT2D eigenvalue weighted by atomic mass is 10.1. The number of ketones is 1. The maximum atomic E-state index is 15.1. The number of nitrogens with zero attached hydrogens (tertiary/aromatic N) is 3. The second-order valence-electron chi connectivity index (χ2n) is 8.97. The Morgan fingerprint density at radius 3 is 2.45 bits per heavy atom. The number of Topliss-reactive ketones (excluding diaryl/α,β-unsaturated/α-hetero) is 1. The molecule has 0 spiro atoms. The zero-order valence-corrected chi connectivity index (χ0v) is 20.7. The summed E-state index contributed by atoms with van der Waals surface area (Å²) in [6, 6.07) is 12.5. The van der Waals surface area contributed by atoms with E-state index >= 15 is 4.39 Å². The number of benzene rings is 2. The first-order chi connectivity index (χ1) is 18.2. The fourth-order valence-corrected chi connectivity index (χ4v) is 4.09. The van der Waals surface area contributed by atoms with E-state index in [0.29, 0.717) is 31.9 Å². The molecule has 0 unspecified atom stereocenters. The Hall–Kier alpha value is -4.12. The summed E-state index contributed by atoms with van der Waals surface area (Å²) in [7, 11) is 1.98. The lowest BCUT2D eigenvalue weighted by Gasteiger charge is -2.36. The van der Waals surface area contributed by atoms with E-state index < -0.39 is 30.5 Å². The van der Waals surface area contributed by atoms with Gasteiger partial charge in [-0.15, -0.1) is 0 Å². The summed E-state index contributed by atoms with van der Waals surface area (Å²) < 4.78 is 45.0. The number of amides is 3. The van der Waals surface area contributed by atoms with Crippen LogP contribution in [0.4, 0.5) is 23.7 Å². The first-order valence-electron chi connectivity index (χ1n) is 12.0. The van der Waals surface area contributed by atoms with Gasteiger partial charge in [0, 0.05) is 48.6 Å². The fourth-order valence-electron chi connectivity index (χ4n) is 4.09. The molecule has 1 saturated heterocycles. The second-order valence-corrected chi connectivity index (χ2v) is 8.97. The Balaban J connectivity index is 1.58. The van der Waals surface area contributed by atoms with Crippen molar-refractivity contribution in [2.75, 3.05) is 44.7 Å². The molecule has 200 valence electrons. The van der Waals surface area contributed by atoms with Crippen molar-refractivity contribution >= 4 is 23.4 Å². The van der Waals surface area contributed by atoms with Gasteiger partial charge in [0.05, 0.1) is 25.6 Å². The lowest BCUT2D eigenvalue weighted by Crippen LogP contribution is -2.52. The molecule has 1 fully saturated rings. The minimum Gasteiger partial charge on any atom is -0.472 e. The molecule has 1 aliphatic heterocycles. The van der Waals surface area contributed by atoms with Gasteiger partial charge in [-0.1, -0.05) is 24.3 Å². The Morgan fingerprint density at radius 1 is 1.03 bits per heavy atom. The minimum atomic E-state index is -3.25. The van der Waals surface area contributed by atoms with Gasteiger partial charge in [0.1, 0.15) is 5.82 Å². The van der Waals surface area contributed by atoms with Crippen LogP contribution >= 0.6 is 0 Å². The lowest BCUT2D eigenvalue weighted by molar-refractivity contribution is -0.131. The molecule has 0 atom stereocenters. The molecule has 1 aromatic heterocycles. The number of hydrogen-bond acceptors (Lipinski definition) is 5. The van der Waals surface area contributed by atoms with Gasteiger partial charge in [-0.25, -0.2) is 9.18 Å². The second kappa shape index (κ2) is 12.0. The minimum absolute atomic E-state index is 0.0836. The molecular weight excluding hydrogens is 501 g/mol. The zero-order valence-electron chi connectivity index (χ0n) is 20.7. The Labute approximate surface area is 217 Å². The van der Waals surface area contributed by atoms with Crippen LogP contribution in [0, 0.1) is 5.82 Å². The van der Waals surface area contributed by atoms with Crippen molar-refractivity contribution in [2.45, 2.75) is 13.0 Å². The van der Waals surface area contributed by atoms with Crippen LogP contribution in [0.1, 0.15) is 15.9 Å². The maximum absolute atomic E-state index is 15.1. The van der Waals surface area contributed by atoms with E-state index in [-0.39, 0.29) is 23.7 Å². The zero-order chi connectivity index (χ0) is 27.2. The third-order valence-corrected chi connectivity index (χ3v) is 6.34. The van der Waals surface area contributed by atoms with E-state index in [2.05, 4.69) is 4.90 Å². The number of anilines is 1. The SMILES string of the molecule is CN1CCN(C(=O)N(Cc2ccc(C(=O)CNC(=O)C(F)F)cc2F)c2cccc(-c3ccoc3)c2)CC1. The molecule has 1 aliphatic rings. The van der Waals surface area contributed by atoms with Crippen LogP contribution in [0.5, 0.6) is 0 Å². The summed E-state index contributed by atoms with van der Waals surface area (Å²) in [6.45, 7) is 1.67.